The molecule has 0 aromatic heterocycles. The van der Waals surface area contributed by atoms with Gasteiger partial charge in [0.2, 0.25) is 5.91 Å². The van der Waals surface area contributed by atoms with Crippen molar-refractivity contribution in [2.75, 3.05) is 26.2 Å². The third-order valence-electron chi connectivity index (χ3n) is 4.91. The van der Waals surface area contributed by atoms with E-state index in [0.29, 0.717) is 18.9 Å². The molecule has 2 fully saturated rings. The molecule has 0 bridgehead atoms. The number of carbonyl (C=O) groups excluding carboxylic acids is 1. The summed E-state index contributed by atoms with van der Waals surface area (Å²) in [6.45, 7) is 7.94. The molecule has 1 amide bonds. The Hall–Kier alpha value is -1.10. The van der Waals surface area contributed by atoms with Crippen LogP contribution in [0.25, 0.3) is 0 Å². The minimum atomic E-state index is -0.707. The summed E-state index contributed by atoms with van der Waals surface area (Å²) in [6.07, 6.45) is 2.77. The Bertz CT molecular complexity index is 364. The third-order valence-corrected chi connectivity index (χ3v) is 4.91. The number of aliphatic carboxylic acids is 1. The van der Waals surface area contributed by atoms with Crippen LogP contribution >= 0.6 is 0 Å². The van der Waals surface area contributed by atoms with Gasteiger partial charge in [0.1, 0.15) is 0 Å². The van der Waals surface area contributed by atoms with E-state index in [-0.39, 0.29) is 17.7 Å². The minimum Gasteiger partial charge on any atom is -0.481 e. The van der Waals surface area contributed by atoms with E-state index in [2.05, 4.69) is 18.7 Å². The van der Waals surface area contributed by atoms with Crippen molar-refractivity contribution in [1.29, 1.82) is 0 Å². The molecule has 1 heterocycles. The molecule has 20 heavy (non-hydrogen) atoms. The number of carboxylic acid groups (broad SMARTS) is 1. The average Bonchev–Trinajstić information content (AvgIpc) is 2.46. The predicted molar refractivity (Wildman–Crippen MR) is 76.4 cm³/mol. The van der Waals surface area contributed by atoms with Crippen molar-refractivity contribution in [3.8, 4) is 0 Å². The van der Waals surface area contributed by atoms with Crippen LogP contribution in [0.3, 0.4) is 0 Å². The molecule has 1 unspecified atom stereocenters. The molecular formula is C15H26N2O3. The molecule has 1 saturated heterocycles. The zero-order valence-corrected chi connectivity index (χ0v) is 12.5. The Morgan fingerprint density at radius 1 is 1.10 bits per heavy atom. The number of rotatable bonds is 3. The van der Waals surface area contributed by atoms with E-state index in [0.717, 1.165) is 39.0 Å². The molecule has 114 valence electrons. The van der Waals surface area contributed by atoms with Gasteiger partial charge in [0.15, 0.2) is 0 Å². The van der Waals surface area contributed by atoms with Crippen molar-refractivity contribution >= 4 is 11.9 Å². The van der Waals surface area contributed by atoms with Crippen molar-refractivity contribution < 1.29 is 14.7 Å². The first-order valence-electron chi connectivity index (χ1n) is 7.78. The number of piperazine rings is 1. The van der Waals surface area contributed by atoms with Gasteiger partial charge in [0.05, 0.1) is 5.92 Å². The minimum absolute atomic E-state index is 0.0472. The number of carboxylic acids is 1. The fourth-order valence-corrected chi connectivity index (χ4v) is 3.51. The van der Waals surface area contributed by atoms with Crippen molar-refractivity contribution in [3.63, 3.8) is 0 Å². The van der Waals surface area contributed by atoms with E-state index in [4.69, 9.17) is 5.11 Å². The van der Waals surface area contributed by atoms with Gasteiger partial charge in [-0.15, -0.1) is 0 Å². The van der Waals surface area contributed by atoms with Gasteiger partial charge in [-0.1, -0.05) is 6.92 Å². The standard InChI is InChI=1S/C15H26N2O3/c1-3-16-8-9-17(10-11(16)2)14(18)12-4-6-13(7-5-12)15(19)20/h11-13H,3-10H2,1-2H3,(H,19,20). The zero-order valence-electron chi connectivity index (χ0n) is 12.5. The molecule has 0 spiro atoms. The Labute approximate surface area is 120 Å². The first-order valence-corrected chi connectivity index (χ1v) is 7.78. The van der Waals surface area contributed by atoms with Crippen LogP contribution < -0.4 is 0 Å². The van der Waals surface area contributed by atoms with Gasteiger partial charge in [-0.3, -0.25) is 14.5 Å². The van der Waals surface area contributed by atoms with Crippen LogP contribution in [0.5, 0.6) is 0 Å². The van der Waals surface area contributed by atoms with Gasteiger partial charge in [-0.05, 0) is 39.2 Å². The smallest absolute Gasteiger partial charge is 0.306 e. The molecule has 1 atom stereocenters. The second-order valence-electron chi connectivity index (χ2n) is 6.15. The highest BCUT2D eigenvalue weighted by Crippen LogP contribution is 2.30. The maximum absolute atomic E-state index is 12.5. The predicted octanol–water partition coefficient (Wildman–Crippen LogP) is 1.43. The maximum Gasteiger partial charge on any atom is 0.306 e. The molecule has 2 aliphatic rings. The highest BCUT2D eigenvalue weighted by atomic mass is 16.4. The van der Waals surface area contributed by atoms with Crippen LogP contribution in [0, 0.1) is 11.8 Å². The summed E-state index contributed by atoms with van der Waals surface area (Å²) < 4.78 is 0. The van der Waals surface area contributed by atoms with Crippen molar-refractivity contribution in [2.45, 2.75) is 45.6 Å². The van der Waals surface area contributed by atoms with E-state index in [1.165, 1.54) is 0 Å². The normalized spacial score (nSPS) is 32.1. The molecule has 1 saturated carbocycles. The quantitative estimate of drug-likeness (QED) is 0.850. The fourth-order valence-electron chi connectivity index (χ4n) is 3.51. The summed E-state index contributed by atoms with van der Waals surface area (Å²) in [5, 5.41) is 9.00. The van der Waals surface area contributed by atoms with Crippen LogP contribution in [0.15, 0.2) is 0 Å². The molecular weight excluding hydrogens is 256 g/mol. The van der Waals surface area contributed by atoms with Gasteiger partial charge in [0, 0.05) is 31.6 Å². The van der Waals surface area contributed by atoms with Gasteiger partial charge in [-0.2, -0.15) is 0 Å². The van der Waals surface area contributed by atoms with Crippen LogP contribution in [0.1, 0.15) is 39.5 Å². The summed E-state index contributed by atoms with van der Waals surface area (Å²) in [5.74, 6) is -0.654. The first kappa shape index (κ1) is 15.3. The lowest BCUT2D eigenvalue weighted by Crippen LogP contribution is -2.54. The number of hydrogen-bond donors (Lipinski definition) is 1. The Morgan fingerprint density at radius 3 is 2.20 bits per heavy atom. The molecule has 1 aliphatic carbocycles. The molecule has 0 aromatic rings. The number of nitrogens with zero attached hydrogens (tertiary/aromatic N) is 2. The lowest BCUT2D eigenvalue weighted by molar-refractivity contribution is -0.146. The third kappa shape index (κ3) is 3.32. The van der Waals surface area contributed by atoms with Crippen molar-refractivity contribution in [2.24, 2.45) is 11.8 Å². The average molecular weight is 282 g/mol. The molecule has 0 radical (unpaired) electrons. The highest BCUT2D eigenvalue weighted by Gasteiger charge is 2.34. The molecule has 1 aliphatic heterocycles. The Morgan fingerprint density at radius 2 is 1.70 bits per heavy atom. The second-order valence-corrected chi connectivity index (χ2v) is 6.15. The number of hydrogen-bond acceptors (Lipinski definition) is 3. The fraction of sp³-hybridized carbons (Fsp3) is 0.867. The topological polar surface area (TPSA) is 60.9 Å². The van der Waals surface area contributed by atoms with Gasteiger partial charge in [0.25, 0.3) is 0 Å². The monoisotopic (exact) mass is 282 g/mol. The molecule has 1 N–H and O–H groups in total. The maximum atomic E-state index is 12.5. The van der Waals surface area contributed by atoms with E-state index >= 15 is 0 Å². The van der Waals surface area contributed by atoms with Crippen LogP contribution in [-0.2, 0) is 9.59 Å². The molecule has 0 aromatic carbocycles. The van der Waals surface area contributed by atoms with Gasteiger partial charge >= 0.3 is 5.97 Å². The van der Waals surface area contributed by atoms with Gasteiger partial charge < -0.3 is 10.0 Å². The van der Waals surface area contributed by atoms with E-state index in [1.54, 1.807) is 0 Å². The van der Waals surface area contributed by atoms with E-state index in [1.807, 2.05) is 4.90 Å². The zero-order chi connectivity index (χ0) is 14.7. The number of likely N-dealkylation sites (N-methyl/N-ethyl adjacent to an activating group) is 1. The van der Waals surface area contributed by atoms with Crippen LogP contribution in [0.4, 0.5) is 0 Å². The van der Waals surface area contributed by atoms with Crippen molar-refractivity contribution in [3.05, 3.63) is 0 Å². The highest BCUT2D eigenvalue weighted by molar-refractivity contribution is 5.79. The molecule has 5 heteroatoms. The Balaban J connectivity index is 1.85. The van der Waals surface area contributed by atoms with E-state index < -0.39 is 5.97 Å². The summed E-state index contributed by atoms with van der Waals surface area (Å²) in [7, 11) is 0. The molecule has 2 rings (SSSR count). The summed E-state index contributed by atoms with van der Waals surface area (Å²) in [5.41, 5.74) is 0. The van der Waals surface area contributed by atoms with E-state index in [9.17, 15) is 9.59 Å². The lowest BCUT2D eigenvalue weighted by Gasteiger charge is -2.41. The lowest BCUT2D eigenvalue weighted by atomic mass is 9.81. The van der Waals surface area contributed by atoms with Crippen LogP contribution in [-0.4, -0.2) is 59.0 Å². The summed E-state index contributed by atoms with van der Waals surface area (Å²) >= 11 is 0. The van der Waals surface area contributed by atoms with Crippen LogP contribution in [0.2, 0.25) is 0 Å². The number of carbonyl (C=O) groups is 2. The largest absolute Gasteiger partial charge is 0.481 e. The first-order chi connectivity index (χ1) is 9.52. The van der Waals surface area contributed by atoms with Crippen molar-refractivity contribution in [1.82, 2.24) is 9.80 Å². The summed E-state index contributed by atoms with van der Waals surface area (Å²) in [4.78, 5) is 27.9. The summed E-state index contributed by atoms with van der Waals surface area (Å²) in [6, 6.07) is 0.424. The van der Waals surface area contributed by atoms with Gasteiger partial charge in [-0.25, -0.2) is 0 Å². The SMILES string of the molecule is CCN1CCN(C(=O)C2CCC(C(=O)O)CC2)CC1C. The second kappa shape index (κ2) is 6.57. The molecule has 5 nitrogen and oxygen atoms in total. The Kier molecular flexibility index (Phi) is 5.02. The number of amides is 1.